The minimum atomic E-state index is -1.48. The lowest BCUT2D eigenvalue weighted by molar-refractivity contribution is -0.205. The molecule has 3 fully saturated rings. The molecule has 2 bridgehead atoms. The number of carbonyl (C=O) groups excluding carboxylic acids is 1. The van der Waals surface area contributed by atoms with Crippen LogP contribution >= 0.6 is 11.8 Å². The maximum absolute atomic E-state index is 13.7. The second kappa shape index (κ2) is 14.2. The largest absolute Gasteiger partial charge is 0.388 e. The zero-order valence-electron chi connectivity index (χ0n) is 25.6. The highest BCUT2D eigenvalue weighted by Gasteiger charge is 2.49. The Balaban J connectivity index is 1.17. The van der Waals surface area contributed by atoms with E-state index in [-0.39, 0.29) is 29.0 Å². The first-order chi connectivity index (χ1) is 21.7. The van der Waals surface area contributed by atoms with Gasteiger partial charge in [0.1, 0.15) is 41.7 Å². The number of carbonyl (C=O) groups is 1. The molecule has 0 unspecified atom stereocenters. The molecule has 1 aromatic carbocycles. The van der Waals surface area contributed by atoms with Crippen LogP contribution in [-0.2, 0) is 14.3 Å². The Morgan fingerprint density at radius 2 is 1.91 bits per heavy atom. The van der Waals surface area contributed by atoms with Crippen molar-refractivity contribution >= 4 is 17.7 Å². The standard InChI is InChI=1S/C32H44FN5O6S/c1-17(2)13-18-11-12-43-29-19(14-18)15-34-25(29)31(42)35-22-5-3-4-6-24(45-32-28(41)26(39)27(40)30(22)44-32)23-16-38(37-36-23)21-9-7-20(33)8-10-21/h3-4,7-10,16-19,22,24-30,32,34,39-41H,5-6,11-15H2,1-2H3,(H,35,42)/b4-3-/t18-,19-,22+,24-,25-,26-,27+,28+,29+,30+,32+/m0/s1. The van der Waals surface area contributed by atoms with Crippen LogP contribution in [0, 0.1) is 23.6 Å². The molecule has 45 heavy (non-hydrogen) atoms. The second-order valence-electron chi connectivity index (χ2n) is 13.2. The van der Waals surface area contributed by atoms with Crippen LogP contribution in [0.4, 0.5) is 4.39 Å². The van der Waals surface area contributed by atoms with Crippen molar-refractivity contribution in [3.05, 3.63) is 54.1 Å². The maximum Gasteiger partial charge on any atom is 0.240 e. The highest BCUT2D eigenvalue weighted by molar-refractivity contribution is 8.00. The van der Waals surface area contributed by atoms with E-state index in [2.05, 4.69) is 34.8 Å². The summed E-state index contributed by atoms with van der Waals surface area (Å²) in [4.78, 5) is 13.7. The van der Waals surface area contributed by atoms with E-state index in [0.717, 1.165) is 19.3 Å². The van der Waals surface area contributed by atoms with E-state index in [1.165, 1.54) is 23.9 Å². The third-order valence-electron chi connectivity index (χ3n) is 9.42. The zero-order valence-corrected chi connectivity index (χ0v) is 26.4. The predicted molar refractivity (Wildman–Crippen MR) is 166 cm³/mol. The lowest BCUT2D eigenvalue weighted by Crippen LogP contribution is -2.64. The molecule has 13 heteroatoms. The highest BCUT2D eigenvalue weighted by atomic mass is 32.2. The molecule has 0 saturated carbocycles. The summed E-state index contributed by atoms with van der Waals surface area (Å²) in [5.41, 5.74) is 0.361. The minimum Gasteiger partial charge on any atom is -0.388 e. The number of aliphatic hydroxyl groups excluding tert-OH is 3. The van der Waals surface area contributed by atoms with Crippen molar-refractivity contribution in [3.8, 4) is 5.69 Å². The Kier molecular flexibility index (Phi) is 10.2. The number of nitrogens with zero attached hydrogens (tertiary/aromatic N) is 3. The van der Waals surface area contributed by atoms with E-state index in [4.69, 9.17) is 9.47 Å². The Hall–Kier alpha value is -2.39. The average molecular weight is 646 g/mol. The van der Waals surface area contributed by atoms with Gasteiger partial charge >= 0.3 is 0 Å². The lowest BCUT2D eigenvalue weighted by Gasteiger charge is -2.44. The molecule has 0 spiro atoms. The van der Waals surface area contributed by atoms with E-state index in [1.54, 1.807) is 23.0 Å². The zero-order chi connectivity index (χ0) is 31.7. The number of thioether (sulfide) groups is 1. The molecule has 5 heterocycles. The van der Waals surface area contributed by atoms with E-state index in [1.807, 2.05) is 12.2 Å². The van der Waals surface area contributed by atoms with Crippen LogP contribution in [0.25, 0.3) is 5.69 Å². The Morgan fingerprint density at radius 1 is 1.13 bits per heavy atom. The summed E-state index contributed by atoms with van der Waals surface area (Å²) in [6.07, 6.45) is 4.24. The van der Waals surface area contributed by atoms with Crippen molar-refractivity contribution in [1.82, 2.24) is 25.6 Å². The number of aromatic nitrogens is 3. The fourth-order valence-corrected chi connectivity index (χ4v) is 8.46. The summed E-state index contributed by atoms with van der Waals surface area (Å²) in [7, 11) is 0. The van der Waals surface area contributed by atoms with Gasteiger partial charge in [0.2, 0.25) is 5.91 Å². The van der Waals surface area contributed by atoms with E-state index in [0.29, 0.717) is 49.2 Å². The van der Waals surface area contributed by atoms with Crippen molar-refractivity contribution < 1.29 is 34.0 Å². The van der Waals surface area contributed by atoms with Gasteiger partial charge in [-0.15, -0.1) is 16.9 Å². The molecule has 1 amide bonds. The molecular weight excluding hydrogens is 601 g/mol. The number of hydrogen-bond donors (Lipinski definition) is 5. The quantitative estimate of drug-likeness (QED) is 0.296. The van der Waals surface area contributed by atoms with E-state index >= 15 is 0 Å². The van der Waals surface area contributed by atoms with Crippen LogP contribution in [0.3, 0.4) is 0 Å². The normalized spacial score (nSPS) is 37.9. The number of nitrogens with one attached hydrogen (secondary N) is 2. The first kappa shape index (κ1) is 32.5. The SMILES string of the molecule is CC(C)C[C@@H]1CCO[C@@H]2[C@H](CN[C@@H]2C(=O)N[C@@H]2C/C=C\C[C@@H](c3cn(-c4ccc(F)cc4)nn3)S[C@H]3O[C@H]2[C@H](O)[C@H](O)[C@H]3O)C1. The van der Waals surface area contributed by atoms with Crippen molar-refractivity contribution in [2.24, 2.45) is 17.8 Å². The number of allylic oxidation sites excluding steroid dienone is 1. The monoisotopic (exact) mass is 645 g/mol. The summed E-state index contributed by atoms with van der Waals surface area (Å²) in [5, 5.41) is 47.5. The molecule has 5 N–H and O–H groups in total. The summed E-state index contributed by atoms with van der Waals surface area (Å²) in [6.45, 7) is 5.81. The smallest absolute Gasteiger partial charge is 0.240 e. The molecule has 2 aromatic rings. The van der Waals surface area contributed by atoms with Gasteiger partial charge in [0.15, 0.2) is 0 Å². The molecule has 6 rings (SSSR count). The molecular formula is C32H44FN5O6S. The Morgan fingerprint density at radius 3 is 2.69 bits per heavy atom. The molecule has 11 nitrogen and oxygen atoms in total. The number of aliphatic hydroxyl groups is 3. The van der Waals surface area contributed by atoms with Crippen LogP contribution in [0.5, 0.6) is 0 Å². The molecule has 4 aliphatic rings. The first-order valence-electron chi connectivity index (χ1n) is 16.0. The van der Waals surface area contributed by atoms with E-state index < -0.39 is 41.9 Å². The van der Waals surface area contributed by atoms with E-state index in [9.17, 15) is 24.5 Å². The Labute approximate surface area is 266 Å². The van der Waals surface area contributed by atoms with Crippen molar-refractivity contribution in [3.63, 3.8) is 0 Å². The van der Waals surface area contributed by atoms with Gasteiger partial charge in [-0.2, -0.15) is 0 Å². The van der Waals surface area contributed by atoms with Gasteiger partial charge in [0, 0.05) is 13.2 Å². The number of halogens is 1. The molecule has 246 valence electrons. The van der Waals surface area contributed by atoms with Crippen LogP contribution in [0.2, 0.25) is 0 Å². The van der Waals surface area contributed by atoms with Gasteiger partial charge in [-0.25, -0.2) is 9.07 Å². The summed E-state index contributed by atoms with van der Waals surface area (Å²) < 4.78 is 27.5. The third-order valence-corrected chi connectivity index (χ3v) is 10.8. The summed E-state index contributed by atoms with van der Waals surface area (Å²) >= 11 is 1.27. The van der Waals surface area contributed by atoms with Gasteiger partial charge in [0.25, 0.3) is 0 Å². The average Bonchev–Trinajstić information content (AvgIpc) is 3.61. The van der Waals surface area contributed by atoms with Gasteiger partial charge in [-0.05, 0) is 74.1 Å². The highest BCUT2D eigenvalue weighted by Crippen LogP contribution is 2.41. The van der Waals surface area contributed by atoms with Crippen LogP contribution in [-0.4, -0.2) is 97.4 Å². The van der Waals surface area contributed by atoms with Crippen molar-refractivity contribution in [1.29, 1.82) is 0 Å². The molecule has 4 aliphatic heterocycles. The van der Waals surface area contributed by atoms with Gasteiger partial charge in [-0.1, -0.05) is 31.2 Å². The number of fused-ring (bicyclic) bond motifs is 3. The van der Waals surface area contributed by atoms with Gasteiger partial charge in [0.05, 0.1) is 35.0 Å². The Bertz CT molecular complexity index is 1330. The van der Waals surface area contributed by atoms with Crippen molar-refractivity contribution in [2.75, 3.05) is 13.2 Å². The fraction of sp³-hybridized carbons (Fsp3) is 0.656. The second-order valence-corrected chi connectivity index (χ2v) is 14.5. The lowest BCUT2D eigenvalue weighted by atomic mass is 9.85. The number of hydrogen-bond acceptors (Lipinski definition) is 10. The predicted octanol–water partition coefficient (Wildman–Crippen LogP) is 2.25. The summed E-state index contributed by atoms with van der Waals surface area (Å²) in [6, 6.07) is 4.73. The van der Waals surface area contributed by atoms with Crippen LogP contribution < -0.4 is 10.6 Å². The topological polar surface area (TPSA) is 151 Å². The number of ether oxygens (including phenoxy) is 2. The fourth-order valence-electron chi connectivity index (χ4n) is 7.15. The van der Waals surface area contributed by atoms with Crippen LogP contribution in [0.1, 0.15) is 56.9 Å². The third kappa shape index (κ3) is 7.29. The van der Waals surface area contributed by atoms with Crippen molar-refractivity contribution in [2.45, 2.75) is 99.2 Å². The molecule has 0 radical (unpaired) electrons. The maximum atomic E-state index is 13.7. The number of benzene rings is 1. The summed E-state index contributed by atoms with van der Waals surface area (Å²) in [5.74, 6) is 0.872. The van der Waals surface area contributed by atoms with Gasteiger partial charge < -0.3 is 35.4 Å². The van der Waals surface area contributed by atoms with Gasteiger partial charge in [-0.3, -0.25) is 4.79 Å². The molecule has 1 aromatic heterocycles. The molecule has 0 aliphatic carbocycles. The molecule has 11 atom stereocenters. The number of amides is 1. The molecule has 3 saturated heterocycles. The first-order valence-corrected chi connectivity index (χ1v) is 17.0. The van der Waals surface area contributed by atoms with Crippen LogP contribution in [0.15, 0.2) is 42.6 Å². The minimum absolute atomic E-state index is 0.226. The number of rotatable bonds is 6.